The molecule has 0 amide bonds. The summed E-state index contributed by atoms with van der Waals surface area (Å²) in [7, 11) is 0. The minimum Gasteiger partial charge on any atom is -0.370 e. The number of aromatic nitrogens is 1. The SMILES string of the molecule is CCCc1ccc2c(n1)NCC(C)C2. The summed E-state index contributed by atoms with van der Waals surface area (Å²) in [6.45, 7) is 5.53. The molecule has 1 aromatic rings. The highest BCUT2D eigenvalue weighted by atomic mass is 15.0. The van der Waals surface area contributed by atoms with Crippen LogP contribution in [0.25, 0.3) is 0 Å². The molecule has 2 heteroatoms. The number of aryl methyl sites for hydroxylation is 1. The molecule has 0 aliphatic carbocycles. The Balaban J connectivity index is 2.22. The van der Waals surface area contributed by atoms with Crippen molar-refractivity contribution >= 4 is 5.82 Å². The number of nitrogens with zero attached hydrogens (tertiary/aromatic N) is 1. The zero-order valence-corrected chi connectivity index (χ0v) is 9.01. The molecule has 1 aliphatic heterocycles. The van der Waals surface area contributed by atoms with Gasteiger partial charge in [0.2, 0.25) is 0 Å². The van der Waals surface area contributed by atoms with Gasteiger partial charge in [0.15, 0.2) is 0 Å². The molecule has 1 aliphatic rings. The van der Waals surface area contributed by atoms with Crippen LogP contribution < -0.4 is 5.32 Å². The molecule has 1 atom stereocenters. The van der Waals surface area contributed by atoms with E-state index in [0.29, 0.717) is 0 Å². The van der Waals surface area contributed by atoms with Crippen molar-refractivity contribution in [1.82, 2.24) is 4.98 Å². The van der Waals surface area contributed by atoms with Gasteiger partial charge in [-0.05, 0) is 30.4 Å². The van der Waals surface area contributed by atoms with E-state index >= 15 is 0 Å². The zero-order chi connectivity index (χ0) is 9.97. The topological polar surface area (TPSA) is 24.9 Å². The molecular weight excluding hydrogens is 172 g/mol. The summed E-state index contributed by atoms with van der Waals surface area (Å²) in [5.41, 5.74) is 2.59. The quantitative estimate of drug-likeness (QED) is 0.775. The second kappa shape index (κ2) is 3.99. The van der Waals surface area contributed by atoms with Crippen LogP contribution in [0.5, 0.6) is 0 Å². The summed E-state index contributed by atoms with van der Waals surface area (Å²) in [5.74, 6) is 1.86. The fourth-order valence-electron chi connectivity index (χ4n) is 1.96. The summed E-state index contributed by atoms with van der Waals surface area (Å²) in [6.07, 6.45) is 3.43. The molecule has 2 heterocycles. The van der Waals surface area contributed by atoms with Crippen LogP contribution in [0.2, 0.25) is 0 Å². The van der Waals surface area contributed by atoms with Crippen molar-refractivity contribution in [2.24, 2.45) is 5.92 Å². The first-order chi connectivity index (χ1) is 6.79. The van der Waals surface area contributed by atoms with Gasteiger partial charge in [-0.15, -0.1) is 0 Å². The van der Waals surface area contributed by atoms with Crippen molar-refractivity contribution in [2.45, 2.75) is 33.1 Å². The number of fused-ring (bicyclic) bond motifs is 1. The van der Waals surface area contributed by atoms with Crippen LogP contribution in [0.15, 0.2) is 12.1 Å². The zero-order valence-electron chi connectivity index (χ0n) is 9.01. The monoisotopic (exact) mass is 190 g/mol. The predicted octanol–water partition coefficient (Wildman–Crippen LogP) is 2.64. The number of pyridine rings is 1. The maximum absolute atomic E-state index is 4.63. The molecule has 0 spiro atoms. The second-order valence-corrected chi connectivity index (χ2v) is 4.25. The third-order valence-corrected chi connectivity index (χ3v) is 2.73. The third kappa shape index (κ3) is 1.89. The Hall–Kier alpha value is -1.05. The Labute approximate surface area is 85.7 Å². The number of rotatable bonds is 2. The molecule has 2 rings (SSSR count). The molecule has 2 nitrogen and oxygen atoms in total. The van der Waals surface area contributed by atoms with Gasteiger partial charge in [0.1, 0.15) is 5.82 Å². The highest BCUT2D eigenvalue weighted by Gasteiger charge is 2.15. The van der Waals surface area contributed by atoms with Crippen LogP contribution in [-0.2, 0) is 12.8 Å². The molecule has 0 saturated heterocycles. The van der Waals surface area contributed by atoms with E-state index < -0.39 is 0 Å². The molecule has 0 fully saturated rings. The lowest BCUT2D eigenvalue weighted by atomic mass is 9.97. The van der Waals surface area contributed by atoms with E-state index in [2.05, 4.69) is 36.3 Å². The lowest BCUT2D eigenvalue weighted by Gasteiger charge is -2.22. The Bertz CT molecular complexity index is 320. The van der Waals surface area contributed by atoms with E-state index in [9.17, 15) is 0 Å². The molecule has 1 aromatic heterocycles. The minimum atomic E-state index is 0.737. The molecule has 14 heavy (non-hydrogen) atoms. The van der Waals surface area contributed by atoms with Crippen molar-refractivity contribution in [3.05, 3.63) is 23.4 Å². The molecule has 1 N–H and O–H groups in total. The molecule has 0 bridgehead atoms. The van der Waals surface area contributed by atoms with Gasteiger partial charge in [0, 0.05) is 12.2 Å². The summed E-state index contributed by atoms with van der Waals surface area (Å²) in [6, 6.07) is 4.40. The Morgan fingerprint density at radius 1 is 1.50 bits per heavy atom. The highest BCUT2D eigenvalue weighted by molar-refractivity contribution is 5.47. The first-order valence-corrected chi connectivity index (χ1v) is 5.52. The van der Waals surface area contributed by atoms with E-state index in [-0.39, 0.29) is 0 Å². The van der Waals surface area contributed by atoms with Crippen LogP contribution >= 0.6 is 0 Å². The third-order valence-electron chi connectivity index (χ3n) is 2.73. The fraction of sp³-hybridized carbons (Fsp3) is 0.583. The maximum atomic E-state index is 4.63. The molecule has 76 valence electrons. The van der Waals surface area contributed by atoms with Crippen molar-refractivity contribution in [2.75, 3.05) is 11.9 Å². The first-order valence-electron chi connectivity index (χ1n) is 5.52. The Morgan fingerprint density at radius 2 is 2.36 bits per heavy atom. The molecule has 0 aromatic carbocycles. The fourth-order valence-corrected chi connectivity index (χ4v) is 1.96. The van der Waals surface area contributed by atoms with Crippen molar-refractivity contribution < 1.29 is 0 Å². The van der Waals surface area contributed by atoms with Crippen LogP contribution in [0.4, 0.5) is 5.82 Å². The second-order valence-electron chi connectivity index (χ2n) is 4.25. The van der Waals surface area contributed by atoms with Gasteiger partial charge >= 0.3 is 0 Å². The summed E-state index contributed by atoms with van der Waals surface area (Å²) < 4.78 is 0. The van der Waals surface area contributed by atoms with E-state index in [0.717, 1.165) is 24.7 Å². The van der Waals surface area contributed by atoms with Gasteiger partial charge in [-0.3, -0.25) is 0 Å². The van der Waals surface area contributed by atoms with Crippen molar-refractivity contribution in [1.29, 1.82) is 0 Å². The van der Waals surface area contributed by atoms with Crippen LogP contribution in [0.1, 0.15) is 31.5 Å². The summed E-state index contributed by atoms with van der Waals surface area (Å²) >= 11 is 0. The lowest BCUT2D eigenvalue weighted by Crippen LogP contribution is -2.21. The maximum Gasteiger partial charge on any atom is 0.129 e. The van der Waals surface area contributed by atoms with Crippen LogP contribution in [-0.4, -0.2) is 11.5 Å². The lowest BCUT2D eigenvalue weighted by molar-refractivity contribution is 0.589. The minimum absolute atomic E-state index is 0.737. The van der Waals surface area contributed by atoms with E-state index in [1.807, 2.05) is 0 Å². The van der Waals surface area contributed by atoms with Gasteiger partial charge in [0.25, 0.3) is 0 Å². The van der Waals surface area contributed by atoms with Gasteiger partial charge in [-0.1, -0.05) is 26.3 Å². The molecule has 0 saturated carbocycles. The summed E-state index contributed by atoms with van der Waals surface area (Å²) in [4.78, 5) is 4.63. The largest absolute Gasteiger partial charge is 0.370 e. The van der Waals surface area contributed by atoms with E-state index in [4.69, 9.17) is 0 Å². The van der Waals surface area contributed by atoms with E-state index in [1.165, 1.54) is 24.1 Å². The molecular formula is C12H18N2. The van der Waals surface area contributed by atoms with Crippen molar-refractivity contribution in [3.63, 3.8) is 0 Å². The average molecular weight is 190 g/mol. The smallest absolute Gasteiger partial charge is 0.129 e. The summed E-state index contributed by atoms with van der Waals surface area (Å²) in [5, 5.41) is 3.40. The van der Waals surface area contributed by atoms with Crippen LogP contribution in [0, 0.1) is 5.92 Å². The van der Waals surface area contributed by atoms with Gasteiger partial charge in [0.05, 0.1) is 0 Å². The highest BCUT2D eigenvalue weighted by Crippen LogP contribution is 2.22. The van der Waals surface area contributed by atoms with Crippen LogP contribution in [0.3, 0.4) is 0 Å². The number of hydrogen-bond acceptors (Lipinski definition) is 2. The van der Waals surface area contributed by atoms with Crippen molar-refractivity contribution in [3.8, 4) is 0 Å². The van der Waals surface area contributed by atoms with E-state index in [1.54, 1.807) is 0 Å². The number of hydrogen-bond donors (Lipinski definition) is 1. The average Bonchev–Trinajstić information content (AvgIpc) is 2.19. The van der Waals surface area contributed by atoms with Gasteiger partial charge < -0.3 is 5.32 Å². The van der Waals surface area contributed by atoms with Gasteiger partial charge in [-0.25, -0.2) is 4.98 Å². The predicted molar refractivity (Wildman–Crippen MR) is 59.6 cm³/mol. The number of nitrogens with one attached hydrogen (secondary N) is 1. The molecule has 0 radical (unpaired) electrons. The molecule has 1 unspecified atom stereocenters. The Kier molecular flexibility index (Phi) is 2.71. The normalized spacial score (nSPS) is 20.0. The van der Waals surface area contributed by atoms with Gasteiger partial charge in [-0.2, -0.15) is 0 Å². The standard InChI is InChI=1S/C12H18N2/c1-3-4-11-6-5-10-7-9(2)8-13-12(10)14-11/h5-6,9H,3-4,7-8H2,1-2H3,(H,13,14). The Morgan fingerprint density at radius 3 is 3.14 bits per heavy atom. The number of anilines is 1. The first kappa shape index (κ1) is 9.50.